The van der Waals surface area contributed by atoms with Gasteiger partial charge in [-0.05, 0) is 38.5 Å². The summed E-state index contributed by atoms with van der Waals surface area (Å²) in [5.41, 5.74) is 0. The van der Waals surface area contributed by atoms with Crippen molar-refractivity contribution in [3.63, 3.8) is 0 Å². The van der Waals surface area contributed by atoms with E-state index >= 15 is 0 Å². The number of nitrogens with zero attached hydrogens (tertiary/aromatic N) is 1. The van der Waals surface area contributed by atoms with Crippen LogP contribution in [-0.2, 0) is 32.7 Å². The Labute approximate surface area is 498 Å². The van der Waals surface area contributed by atoms with Crippen LogP contribution in [0.4, 0.5) is 0 Å². The Morgan fingerprint density at radius 2 is 0.637 bits per heavy atom. The molecule has 0 radical (unpaired) electrons. The van der Waals surface area contributed by atoms with Crippen molar-refractivity contribution in [2.45, 2.75) is 380 Å². The molecule has 0 aromatic rings. The van der Waals surface area contributed by atoms with Crippen LogP contribution < -0.4 is 4.89 Å². The van der Waals surface area contributed by atoms with E-state index < -0.39 is 26.5 Å². The first kappa shape index (κ1) is 78.8. The van der Waals surface area contributed by atoms with Crippen molar-refractivity contribution < 1.29 is 42.1 Å². The van der Waals surface area contributed by atoms with Gasteiger partial charge in [0.2, 0.25) is 0 Å². The monoisotopic (exact) mass is 1150 g/mol. The lowest BCUT2D eigenvalue weighted by molar-refractivity contribution is -0.870. The molecule has 476 valence electrons. The van der Waals surface area contributed by atoms with Crippen molar-refractivity contribution in [2.24, 2.45) is 0 Å². The van der Waals surface area contributed by atoms with Crippen LogP contribution in [0.2, 0.25) is 0 Å². The van der Waals surface area contributed by atoms with Crippen molar-refractivity contribution in [3.8, 4) is 0 Å². The van der Waals surface area contributed by atoms with Gasteiger partial charge in [0.25, 0.3) is 7.82 Å². The minimum absolute atomic E-state index is 0.0257. The third-order valence-corrected chi connectivity index (χ3v) is 17.2. The zero-order valence-electron chi connectivity index (χ0n) is 54.3. The number of hydrogen-bond donors (Lipinski definition) is 0. The van der Waals surface area contributed by atoms with E-state index in [9.17, 15) is 19.0 Å². The average Bonchev–Trinajstić information content (AvgIpc) is 3.42. The number of unbranched alkanes of at least 4 members (excludes halogenated alkanes) is 51. The molecule has 9 nitrogen and oxygen atoms in total. The van der Waals surface area contributed by atoms with Crippen LogP contribution >= 0.6 is 7.82 Å². The maximum absolute atomic E-state index is 12.9. The molecule has 10 heteroatoms. The summed E-state index contributed by atoms with van der Waals surface area (Å²) in [5.74, 6) is -0.806. The summed E-state index contributed by atoms with van der Waals surface area (Å²) >= 11 is 0. The molecule has 0 saturated heterocycles. The molecular formula is C70H138NO8P. The molecule has 0 aromatic carbocycles. The molecule has 0 spiro atoms. The van der Waals surface area contributed by atoms with Crippen LogP contribution in [0.3, 0.4) is 0 Å². The molecule has 2 unspecified atom stereocenters. The van der Waals surface area contributed by atoms with Crippen molar-refractivity contribution in [1.29, 1.82) is 0 Å². The summed E-state index contributed by atoms with van der Waals surface area (Å²) in [6, 6.07) is 0. The number of phosphoric ester groups is 1. The molecule has 0 amide bonds. The number of carbonyl (C=O) groups is 2. The van der Waals surface area contributed by atoms with Crippen LogP contribution in [0.5, 0.6) is 0 Å². The summed E-state index contributed by atoms with van der Waals surface area (Å²) in [5, 5.41) is 0. The normalized spacial score (nSPS) is 13.1. The Morgan fingerprint density at radius 3 is 0.925 bits per heavy atom. The van der Waals surface area contributed by atoms with E-state index in [-0.39, 0.29) is 32.0 Å². The molecule has 0 heterocycles. The van der Waals surface area contributed by atoms with Gasteiger partial charge in [0, 0.05) is 12.8 Å². The van der Waals surface area contributed by atoms with Gasteiger partial charge in [-0.2, -0.15) is 0 Å². The van der Waals surface area contributed by atoms with Crippen LogP contribution in [0.15, 0.2) is 12.2 Å². The number of carbonyl (C=O) groups excluding carboxylic acids is 2. The van der Waals surface area contributed by atoms with Crippen LogP contribution in [0.1, 0.15) is 373 Å². The molecule has 0 N–H and O–H groups in total. The molecule has 2 atom stereocenters. The number of allylic oxidation sites excluding steroid dienone is 2. The Hall–Kier alpha value is -1.25. The number of hydrogen-bond acceptors (Lipinski definition) is 8. The highest BCUT2D eigenvalue weighted by Gasteiger charge is 2.22. The number of quaternary nitrogens is 1. The molecule has 0 aliphatic rings. The van der Waals surface area contributed by atoms with Crippen molar-refractivity contribution >= 4 is 19.8 Å². The summed E-state index contributed by atoms with van der Waals surface area (Å²) in [6.07, 6.45) is 75.9. The van der Waals surface area contributed by atoms with Crippen molar-refractivity contribution in [2.75, 3.05) is 47.5 Å². The van der Waals surface area contributed by atoms with Crippen LogP contribution in [-0.4, -0.2) is 70.0 Å². The van der Waals surface area contributed by atoms with Crippen LogP contribution in [0.25, 0.3) is 0 Å². The number of likely N-dealkylation sites (N-methyl/N-ethyl adjacent to an activating group) is 1. The average molecular weight is 1150 g/mol. The van der Waals surface area contributed by atoms with Gasteiger partial charge in [-0.25, -0.2) is 0 Å². The molecule has 0 aliphatic heterocycles. The predicted molar refractivity (Wildman–Crippen MR) is 342 cm³/mol. The van der Waals surface area contributed by atoms with Gasteiger partial charge < -0.3 is 27.9 Å². The molecule has 0 bridgehead atoms. The largest absolute Gasteiger partial charge is 0.756 e. The molecule has 0 aromatic heterocycles. The Morgan fingerprint density at radius 1 is 0.375 bits per heavy atom. The lowest BCUT2D eigenvalue weighted by atomic mass is 10.0. The van der Waals surface area contributed by atoms with E-state index in [0.717, 1.165) is 32.1 Å². The number of esters is 2. The highest BCUT2D eigenvalue weighted by molar-refractivity contribution is 7.45. The van der Waals surface area contributed by atoms with Gasteiger partial charge in [-0.1, -0.05) is 334 Å². The lowest BCUT2D eigenvalue weighted by Gasteiger charge is -2.28. The summed E-state index contributed by atoms with van der Waals surface area (Å²) in [6.45, 7) is 4.32. The van der Waals surface area contributed by atoms with Gasteiger partial charge in [0.15, 0.2) is 6.10 Å². The van der Waals surface area contributed by atoms with Crippen molar-refractivity contribution in [1.82, 2.24) is 0 Å². The van der Waals surface area contributed by atoms with Gasteiger partial charge in [0.05, 0.1) is 27.7 Å². The lowest BCUT2D eigenvalue weighted by Crippen LogP contribution is -2.37. The summed E-state index contributed by atoms with van der Waals surface area (Å²) in [7, 11) is 1.19. The zero-order valence-corrected chi connectivity index (χ0v) is 55.2. The highest BCUT2D eigenvalue weighted by atomic mass is 31.2. The number of rotatable bonds is 67. The van der Waals surface area contributed by atoms with Crippen LogP contribution in [0, 0.1) is 0 Å². The number of phosphoric acid groups is 1. The quantitative estimate of drug-likeness (QED) is 0.0195. The number of ether oxygens (including phenoxy) is 2. The first-order valence-electron chi connectivity index (χ1n) is 35.4. The second kappa shape index (κ2) is 62.3. The van der Waals surface area contributed by atoms with E-state index in [4.69, 9.17) is 18.5 Å². The third kappa shape index (κ3) is 65.9. The Kier molecular flexibility index (Phi) is 61.3. The first-order chi connectivity index (χ1) is 39.0. The first-order valence-corrected chi connectivity index (χ1v) is 36.9. The SMILES string of the molecule is CCCCCCCCCC/C=C\CCCCCCCCCCCCCCCCCCCCCCCCCC(=O)OC(COC(=O)CCCCCCCCCCCCCCCCCCCCCCC)COP(=O)([O-])OCC[N+](C)(C)C. The Balaban J connectivity index is 3.93. The smallest absolute Gasteiger partial charge is 0.306 e. The van der Waals surface area contributed by atoms with Gasteiger partial charge in [0.1, 0.15) is 19.8 Å². The molecule has 0 fully saturated rings. The molecule has 80 heavy (non-hydrogen) atoms. The second-order valence-corrected chi connectivity index (χ2v) is 27.0. The predicted octanol–water partition coefficient (Wildman–Crippen LogP) is 22.1. The standard InChI is InChI=1S/C70H138NO8P/c1-6-8-10-12-14-16-18-20-22-24-26-28-29-30-31-32-33-34-35-36-37-38-39-40-41-43-45-47-49-51-53-55-57-59-61-63-70(73)79-68(67-78-80(74,75)77-65-64-71(3,4)5)66-76-69(72)62-60-58-56-54-52-50-48-46-44-42-27-25-23-21-19-17-15-13-11-9-7-2/h24,26,68H,6-23,25,27-67H2,1-5H3/b26-24-. The maximum Gasteiger partial charge on any atom is 0.306 e. The molecular weight excluding hydrogens is 1010 g/mol. The zero-order chi connectivity index (χ0) is 58.4. The van der Waals surface area contributed by atoms with E-state index in [1.807, 2.05) is 21.1 Å². The van der Waals surface area contributed by atoms with E-state index in [0.29, 0.717) is 17.4 Å². The molecule has 0 rings (SSSR count). The van der Waals surface area contributed by atoms with E-state index in [2.05, 4.69) is 26.0 Å². The second-order valence-electron chi connectivity index (χ2n) is 25.6. The van der Waals surface area contributed by atoms with Crippen molar-refractivity contribution in [3.05, 3.63) is 12.2 Å². The fraction of sp³-hybridized carbons (Fsp3) is 0.943. The molecule has 0 saturated carbocycles. The Bertz CT molecular complexity index is 1350. The van der Waals surface area contributed by atoms with Gasteiger partial charge in [-0.15, -0.1) is 0 Å². The summed E-state index contributed by atoms with van der Waals surface area (Å²) < 4.78 is 34.3. The third-order valence-electron chi connectivity index (χ3n) is 16.3. The fourth-order valence-corrected chi connectivity index (χ4v) is 11.6. The van der Waals surface area contributed by atoms with Gasteiger partial charge in [-0.3, -0.25) is 14.2 Å². The van der Waals surface area contributed by atoms with E-state index in [1.54, 1.807) is 0 Å². The minimum Gasteiger partial charge on any atom is -0.756 e. The topological polar surface area (TPSA) is 111 Å². The fourth-order valence-electron chi connectivity index (χ4n) is 10.8. The maximum atomic E-state index is 12.9. The van der Waals surface area contributed by atoms with Gasteiger partial charge >= 0.3 is 11.9 Å². The molecule has 0 aliphatic carbocycles. The van der Waals surface area contributed by atoms with E-state index in [1.165, 1.54) is 308 Å². The highest BCUT2D eigenvalue weighted by Crippen LogP contribution is 2.38. The minimum atomic E-state index is -4.63. The summed E-state index contributed by atoms with van der Waals surface area (Å²) in [4.78, 5) is 38.0.